The van der Waals surface area contributed by atoms with Crippen LogP contribution in [-0.4, -0.2) is 58.9 Å². The van der Waals surface area contributed by atoms with Crippen molar-refractivity contribution in [2.45, 2.75) is 19.2 Å². The molecule has 1 unspecified atom stereocenters. The second-order valence-corrected chi connectivity index (χ2v) is 7.32. The number of ether oxygens (including phenoxy) is 1. The van der Waals surface area contributed by atoms with E-state index in [0.29, 0.717) is 16.9 Å². The number of aliphatic hydroxyl groups excluding tert-OH is 1. The number of morpholine rings is 1. The molecule has 1 aliphatic heterocycles. The average Bonchev–Trinajstić information content (AvgIpc) is 2.65. The first kappa shape index (κ1) is 24.4. The molecule has 166 valence electrons. The van der Waals surface area contributed by atoms with E-state index in [2.05, 4.69) is 20.2 Å². The van der Waals surface area contributed by atoms with E-state index in [4.69, 9.17) is 38.8 Å². The third-order valence-electron chi connectivity index (χ3n) is 3.93. The van der Waals surface area contributed by atoms with Crippen molar-refractivity contribution in [1.29, 1.82) is 0 Å². The van der Waals surface area contributed by atoms with Crippen LogP contribution in [-0.2, 0) is 10.9 Å². The van der Waals surface area contributed by atoms with Crippen LogP contribution in [0.2, 0.25) is 10.0 Å². The van der Waals surface area contributed by atoms with Gasteiger partial charge in [0.1, 0.15) is 11.4 Å². The fraction of sp³-hybridized carbons (Fsp3) is 0.444. The van der Waals surface area contributed by atoms with Crippen LogP contribution < -0.4 is 11.1 Å². The number of nitrogens with two attached hydrogens (primary N) is 1. The van der Waals surface area contributed by atoms with Gasteiger partial charge < -0.3 is 20.9 Å². The number of halogens is 5. The Hall–Kier alpha value is -1.85. The van der Waals surface area contributed by atoms with Crippen LogP contribution in [0.15, 0.2) is 24.4 Å². The van der Waals surface area contributed by atoms with E-state index in [9.17, 15) is 13.2 Å². The van der Waals surface area contributed by atoms with Crippen LogP contribution in [0.5, 0.6) is 0 Å². The first-order valence-electron chi connectivity index (χ1n) is 8.96. The monoisotopic (exact) mass is 467 g/mol. The highest BCUT2D eigenvalue weighted by Crippen LogP contribution is 2.33. The van der Waals surface area contributed by atoms with Gasteiger partial charge in [-0.2, -0.15) is 18.2 Å². The molecule has 1 saturated heterocycles. The lowest BCUT2D eigenvalue weighted by atomic mass is 10.3. The second-order valence-electron chi connectivity index (χ2n) is 6.51. The molecule has 0 aliphatic carbocycles. The maximum atomic E-state index is 12.5. The number of anilines is 3. The summed E-state index contributed by atoms with van der Waals surface area (Å²) in [6.45, 7) is 6.15. The average molecular weight is 468 g/mol. The molecule has 0 radical (unpaired) electrons. The Bertz CT molecular complexity index is 834. The van der Waals surface area contributed by atoms with Gasteiger partial charge in [0.15, 0.2) is 0 Å². The van der Waals surface area contributed by atoms with E-state index in [-0.39, 0.29) is 17.1 Å². The summed E-state index contributed by atoms with van der Waals surface area (Å²) < 4.78 is 42.6. The largest absolute Gasteiger partial charge is 0.421 e. The highest BCUT2D eigenvalue weighted by Gasteiger charge is 2.34. The zero-order valence-corrected chi connectivity index (χ0v) is 17.6. The van der Waals surface area contributed by atoms with Gasteiger partial charge in [0, 0.05) is 31.5 Å². The molecule has 2 aromatic rings. The Morgan fingerprint density at radius 3 is 2.47 bits per heavy atom. The molecule has 0 saturated carbocycles. The Morgan fingerprint density at radius 2 is 1.93 bits per heavy atom. The summed E-state index contributed by atoms with van der Waals surface area (Å²) in [7, 11) is 0. The number of benzene rings is 1. The maximum Gasteiger partial charge on any atom is 0.421 e. The smallest absolute Gasteiger partial charge is 0.392 e. The number of β-amino-alcohol motifs (C(OH)–C–C–N with tert-alkyl or cyclic N) is 1. The molecule has 0 amide bonds. The van der Waals surface area contributed by atoms with Crippen LogP contribution in [0.25, 0.3) is 0 Å². The summed E-state index contributed by atoms with van der Waals surface area (Å²) >= 11 is 11.6. The lowest BCUT2D eigenvalue weighted by Crippen LogP contribution is -2.40. The summed E-state index contributed by atoms with van der Waals surface area (Å²) in [6, 6.07) is 4.59. The Kier molecular flexibility index (Phi) is 8.92. The summed E-state index contributed by atoms with van der Waals surface area (Å²) in [5.74, 6) is -0.732. The first-order chi connectivity index (χ1) is 14.1. The van der Waals surface area contributed by atoms with Gasteiger partial charge in [-0.15, -0.1) is 0 Å². The van der Waals surface area contributed by atoms with Crippen molar-refractivity contribution in [3.63, 3.8) is 0 Å². The normalized spacial score (nSPS) is 15.8. The number of alkyl halides is 3. The van der Waals surface area contributed by atoms with Gasteiger partial charge in [0.05, 0.1) is 29.4 Å². The van der Waals surface area contributed by atoms with E-state index in [1.54, 1.807) is 6.07 Å². The van der Waals surface area contributed by atoms with Gasteiger partial charge in [0.2, 0.25) is 5.95 Å². The molecular formula is C18H22Cl2F3N5O2. The van der Waals surface area contributed by atoms with Crippen LogP contribution in [0.4, 0.5) is 30.6 Å². The lowest BCUT2D eigenvalue weighted by molar-refractivity contribution is -0.137. The first-order valence-corrected chi connectivity index (χ1v) is 9.72. The number of aliphatic hydroxyl groups is 1. The van der Waals surface area contributed by atoms with E-state index < -0.39 is 17.6 Å². The van der Waals surface area contributed by atoms with Gasteiger partial charge in [-0.3, -0.25) is 4.90 Å². The fourth-order valence-electron chi connectivity index (χ4n) is 2.53. The molecular weight excluding hydrogens is 446 g/mol. The molecule has 0 bridgehead atoms. The van der Waals surface area contributed by atoms with Crippen molar-refractivity contribution in [3.05, 3.63) is 40.0 Å². The van der Waals surface area contributed by atoms with Crippen molar-refractivity contribution in [2.24, 2.45) is 0 Å². The summed E-state index contributed by atoms with van der Waals surface area (Å²) in [6.07, 6.45) is -4.19. The SMILES string of the molecule is CC(O)CN1CCOCC1.Nc1nc(Nc2ccc(Cl)c(Cl)c2)ncc1C(F)(F)F. The maximum absolute atomic E-state index is 12.5. The molecule has 1 aromatic heterocycles. The molecule has 1 aromatic carbocycles. The number of nitrogen functional groups attached to an aromatic ring is 1. The van der Waals surface area contributed by atoms with Crippen LogP contribution >= 0.6 is 23.2 Å². The molecule has 0 spiro atoms. The topological polar surface area (TPSA) is 96.5 Å². The van der Waals surface area contributed by atoms with E-state index in [0.717, 1.165) is 32.8 Å². The summed E-state index contributed by atoms with van der Waals surface area (Å²) in [4.78, 5) is 9.32. The van der Waals surface area contributed by atoms with E-state index in [1.807, 2.05) is 6.92 Å². The number of nitrogens with zero attached hydrogens (tertiary/aromatic N) is 3. The Balaban J connectivity index is 0.000000269. The molecule has 2 heterocycles. The second kappa shape index (κ2) is 11.0. The van der Waals surface area contributed by atoms with Crippen LogP contribution in [0.3, 0.4) is 0 Å². The van der Waals surface area contributed by atoms with Crippen LogP contribution in [0.1, 0.15) is 12.5 Å². The fourth-order valence-corrected chi connectivity index (χ4v) is 2.83. The lowest BCUT2D eigenvalue weighted by Gasteiger charge is -2.27. The molecule has 4 N–H and O–H groups in total. The van der Waals surface area contributed by atoms with Gasteiger partial charge in [-0.1, -0.05) is 23.2 Å². The van der Waals surface area contributed by atoms with Crippen molar-refractivity contribution >= 4 is 40.7 Å². The molecule has 1 atom stereocenters. The minimum absolute atomic E-state index is 0.0751. The predicted molar refractivity (Wildman–Crippen MR) is 110 cm³/mol. The number of hydrogen-bond donors (Lipinski definition) is 3. The highest BCUT2D eigenvalue weighted by atomic mass is 35.5. The zero-order chi connectivity index (χ0) is 22.3. The number of rotatable bonds is 4. The minimum Gasteiger partial charge on any atom is -0.392 e. The molecule has 30 heavy (non-hydrogen) atoms. The Labute approximate surface area is 182 Å². The highest BCUT2D eigenvalue weighted by molar-refractivity contribution is 6.42. The summed E-state index contributed by atoms with van der Waals surface area (Å²) in [5, 5.41) is 12.3. The summed E-state index contributed by atoms with van der Waals surface area (Å²) in [5.41, 5.74) is 4.64. The minimum atomic E-state index is -4.59. The number of aromatic nitrogens is 2. The van der Waals surface area contributed by atoms with Crippen molar-refractivity contribution in [2.75, 3.05) is 43.9 Å². The molecule has 1 fully saturated rings. The Morgan fingerprint density at radius 1 is 1.27 bits per heavy atom. The van der Waals surface area contributed by atoms with Crippen LogP contribution in [0, 0.1) is 0 Å². The number of hydrogen-bond acceptors (Lipinski definition) is 7. The van der Waals surface area contributed by atoms with E-state index in [1.165, 1.54) is 12.1 Å². The van der Waals surface area contributed by atoms with Gasteiger partial charge in [-0.05, 0) is 25.1 Å². The van der Waals surface area contributed by atoms with Crippen molar-refractivity contribution < 1.29 is 23.0 Å². The van der Waals surface area contributed by atoms with Gasteiger partial charge in [0.25, 0.3) is 0 Å². The molecule has 12 heteroatoms. The molecule has 3 rings (SSSR count). The van der Waals surface area contributed by atoms with E-state index >= 15 is 0 Å². The molecule has 1 aliphatic rings. The third kappa shape index (κ3) is 7.77. The third-order valence-corrected chi connectivity index (χ3v) is 4.66. The molecule has 7 nitrogen and oxygen atoms in total. The van der Waals surface area contributed by atoms with Gasteiger partial charge in [-0.25, -0.2) is 4.98 Å². The van der Waals surface area contributed by atoms with Crippen molar-refractivity contribution in [3.8, 4) is 0 Å². The standard InChI is InChI=1S/C11H7Cl2F3N4.C7H15NO2/c12-7-2-1-5(3-8(7)13)19-10-18-4-6(9(17)20-10)11(14,15)16;1-7(9)6-8-2-4-10-5-3-8/h1-4H,(H3,17,18,19,20);7,9H,2-6H2,1H3. The zero-order valence-electron chi connectivity index (χ0n) is 16.1. The van der Waals surface area contributed by atoms with Crippen molar-refractivity contribution in [1.82, 2.24) is 14.9 Å². The quantitative estimate of drug-likeness (QED) is 0.628. The van der Waals surface area contributed by atoms with Gasteiger partial charge >= 0.3 is 6.18 Å². The number of nitrogens with one attached hydrogen (secondary N) is 1. The predicted octanol–water partition coefficient (Wildman–Crippen LogP) is 3.83.